The molecule has 0 aliphatic carbocycles. The lowest BCUT2D eigenvalue weighted by atomic mass is 10.1. The zero-order valence-electron chi connectivity index (χ0n) is 13.1. The van der Waals surface area contributed by atoms with Crippen LogP contribution in [-0.4, -0.2) is 50.4 Å². The van der Waals surface area contributed by atoms with Crippen molar-refractivity contribution in [3.63, 3.8) is 0 Å². The van der Waals surface area contributed by atoms with Crippen LogP contribution in [0, 0.1) is 0 Å². The van der Waals surface area contributed by atoms with Crippen LogP contribution in [0.2, 0.25) is 0 Å². The second-order valence-corrected chi connectivity index (χ2v) is 6.03. The number of hydrogen-bond acceptors (Lipinski definition) is 7. The van der Waals surface area contributed by atoms with Gasteiger partial charge in [-0.05, 0) is 21.0 Å². The highest BCUT2D eigenvalue weighted by Crippen LogP contribution is 2.37. The minimum Gasteiger partial charge on any atom is -0.465 e. The molecule has 1 rings (SSSR count). The zero-order chi connectivity index (χ0) is 16.2. The molecule has 0 fully saturated rings. The lowest BCUT2D eigenvalue weighted by Crippen LogP contribution is -2.31. The summed E-state index contributed by atoms with van der Waals surface area (Å²) >= 11 is 1.21. The van der Waals surface area contributed by atoms with Crippen LogP contribution >= 0.6 is 11.3 Å². The fourth-order valence-corrected chi connectivity index (χ4v) is 2.79. The molecule has 0 aliphatic heterocycles. The van der Waals surface area contributed by atoms with Gasteiger partial charge in [0.1, 0.15) is 10.6 Å². The van der Waals surface area contributed by atoms with Gasteiger partial charge in [0.05, 0.1) is 17.7 Å². The van der Waals surface area contributed by atoms with Crippen molar-refractivity contribution < 1.29 is 14.3 Å². The van der Waals surface area contributed by atoms with Crippen molar-refractivity contribution >= 4 is 33.8 Å². The number of hydrogen-bond donors (Lipinski definition) is 2. The molecule has 6 nitrogen and oxygen atoms in total. The average molecular weight is 313 g/mol. The molecule has 1 aromatic rings. The summed E-state index contributed by atoms with van der Waals surface area (Å²) in [6, 6.07) is 0.268. The van der Waals surface area contributed by atoms with E-state index < -0.39 is 5.97 Å². The van der Waals surface area contributed by atoms with Crippen LogP contribution in [0.15, 0.2) is 0 Å². The van der Waals surface area contributed by atoms with Crippen molar-refractivity contribution in [3.8, 4) is 0 Å². The monoisotopic (exact) mass is 313 g/mol. The maximum absolute atomic E-state index is 11.9. The maximum Gasteiger partial charge on any atom is 0.343 e. The first-order valence-corrected chi connectivity index (χ1v) is 7.59. The second kappa shape index (κ2) is 7.42. The highest BCUT2D eigenvalue weighted by molar-refractivity contribution is 7.19. The van der Waals surface area contributed by atoms with E-state index in [2.05, 4.69) is 17.1 Å². The van der Waals surface area contributed by atoms with Crippen LogP contribution in [0.1, 0.15) is 40.3 Å². The standard InChI is InChI=1S/C14H23N3O3S/c1-6-9(18)12-11(15)10(14(19)20-5)13(21-12)16-7-8(2)17(3)4/h8,16H,6-7,15H2,1-5H3. The van der Waals surface area contributed by atoms with Crippen molar-refractivity contribution in [1.82, 2.24) is 4.90 Å². The normalized spacial score (nSPS) is 12.3. The van der Waals surface area contributed by atoms with Gasteiger partial charge >= 0.3 is 5.97 Å². The Balaban J connectivity index is 3.11. The summed E-state index contributed by atoms with van der Waals surface area (Å²) in [5, 5.41) is 3.78. The summed E-state index contributed by atoms with van der Waals surface area (Å²) in [4.78, 5) is 26.3. The number of carbonyl (C=O) groups excluding carboxylic acids is 2. The first-order chi connectivity index (χ1) is 9.83. The molecule has 0 spiro atoms. The predicted molar refractivity (Wildman–Crippen MR) is 86.3 cm³/mol. The van der Waals surface area contributed by atoms with E-state index in [-0.39, 0.29) is 23.1 Å². The predicted octanol–water partition coefficient (Wildman–Crippen LogP) is 2.07. The highest BCUT2D eigenvalue weighted by Gasteiger charge is 2.25. The smallest absolute Gasteiger partial charge is 0.343 e. The largest absolute Gasteiger partial charge is 0.465 e. The third kappa shape index (κ3) is 3.95. The Bertz CT molecular complexity index is 526. The highest BCUT2D eigenvalue weighted by atomic mass is 32.1. The van der Waals surface area contributed by atoms with Gasteiger partial charge in [0.15, 0.2) is 5.78 Å². The molecule has 1 atom stereocenters. The molecule has 0 aromatic carbocycles. The van der Waals surface area contributed by atoms with Crippen LogP contribution in [0.5, 0.6) is 0 Å². The number of nitrogens with two attached hydrogens (primary N) is 1. The number of ketones is 1. The zero-order valence-corrected chi connectivity index (χ0v) is 14.0. The topological polar surface area (TPSA) is 84.7 Å². The Hall–Kier alpha value is -1.60. The number of ether oxygens (including phenoxy) is 1. The molecule has 0 saturated carbocycles. The molecule has 21 heavy (non-hydrogen) atoms. The lowest BCUT2D eigenvalue weighted by molar-refractivity contribution is 0.0603. The summed E-state index contributed by atoms with van der Waals surface area (Å²) in [6.45, 7) is 4.46. The van der Waals surface area contributed by atoms with Gasteiger partial charge in [0.25, 0.3) is 0 Å². The molecular weight excluding hydrogens is 290 g/mol. The summed E-state index contributed by atoms with van der Waals surface area (Å²) in [5.74, 6) is -0.602. The van der Waals surface area contributed by atoms with Crippen molar-refractivity contribution in [2.75, 3.05) is 38.8 Å². The quantitative estimate of drug-likeness (QED) is 0.592. The molecule has 3 N–H and O–H groups in total. The number of nitrogens with one attached hydrogen (secondary N) is 1. The van der Waals surface area contributed by atoms with Gasteiger partial charge in [-0.1, -0.05) is 6.92 Å². The third-order valence-electron chi connectivity index (χ3n) is 3.35. The van der Waals surface area contributed by atoms with E-state index in [0.29, 0.717) is 22.8 Å². The van der Waals surface area contributed by atoms with Crippen LogP contribution in [0.3, 0.4) is 0 Å². The SMILES string of the molecule is CCC(=O)c1sc(NCC(C)N(C)C)c(C(=O)OC)c1N. The van der Waals surface area contributed by atoms with Gasteiger partial charge in [-0.2, -0.15) is 0 Å². The Kier molecular flexibility index (Phi) is 6.17. The van der Waals surface area contributed by atoms with E-state index in [9.17, 15) is 9.59 Å². The number of esters is 1. The van der Waals surface area contributed by atoms with Gasteiger partial charge in [-0.3, -0.25) is 4.79 Å². The van der Waals surface area contributed by atoms with Crippen molar-refractivity contribution in [1.29, 1.82) is 0 Å². The van der Waals surface area contributed by atoms with Crippen LogP contribution in [-0.2, 0) is 4.74 Å². The molecule has 0 bridgehead atoms. The Morgan fingerprint density at radius 1 is 1.43 bits per heavy atom. The first-order valence-electron chi connectivity index (χ1n) is 6.77. The number of carbonyl (C=O) groups is 2. The molecule has 1 unspecified atom stereocenters. The van der Waals surface area contributed by atoms with Gasteiger partial charge in [0, 0.05) is 19.0 Å². The molecule has 118 valence electrons. The molecular formula is C14H23N3O3S. The summed E-state index contributed by atoms with van der Waals surface area (Å²) in [6.07, 6.45) is 0.346. The van der Waals surface area contributed by atoms with E-state index in [4.69, 9.17) is 10.5 Å². The van der Waals surface area contributed by atoms with Crippen molar-refractivity contribution in [2.45, 2.75) is 26.3 Å². The van der Waals surface area contributed by atoms with Gasteiger partial charge < -0.3 is 20.7 Å². The van der Waals surface area contributed by atoms with E-state index in [0.717, 1.165) is 0 Å². The van der Waals surface area contributed by atoms with E-state index >= 15 is 0 Å². The molecule has 0 radical (unpaired) electrons. The molecule has 0 saturated heterocycles. The Morgan fingerprint density at radius 3 is 2.52 bits per heavy atom. The number of likely N-dealkylation sites (N-methyl/N-ethyl adjacent to an activating group) is 1. The maximum atomic E-state index is 11.9. The summed E-state index contributed by atoms with van der Waals surface area (Å²) in [5.41, 5.74) is 6.42. The van der Waals surface area contributed by atoms with E-state index in [1.54, 1.807) is 6.92 Å². The van der Waals surface area contributed by atoms with Crippen molar-refractivity contribution in [3.05, 3.63) is 10.4 Å². The average Bonchev–Trinajstić information content (AvgIpc) is 2.79. The molecule has 1 aromatic heterocycles. The molecule has 1 heterocycles. The number of Topliss-reactive ketones (excluding diaryl/α,β-unsaturated/α-hetero) is 1. The fourth-order valence-electron chi connectivity index (χ4n) is 1.66. The minimum atomic E-state index is -0.529. The van der Waals surface area contributed by atoms with Crippen LogP contribution in [0.4, 0.5) is 10.7 Å². The number of anilines is 2. The molecule has 0 amide bonds. The third-order valence-corrected chi connectivity index (χ3v) is 4.55. The summed E-state index contributed by atoms with van der Waals surface area (Å²) < 4.78 is 4.76. The minimum absolute atomic E-state index is 0.0728. The van der Waals surface area contributed by atoms with Gasteiger partial charge in [-0.25, -0.2) is 4.79 Å². The van der Waals surface area contributed by atoms with Gasteiger partial charge in [0.2, 0.25) is 0 Å². The van der Waals surface area contributed by atoms with E-state index in [1.807, 2.05) is 14.1 Å². The van der Waals surface area contributed by atoms with E-state index in [1.165, 1.54) is 18.4 Å². The fraction of sp³-hybridized carbons (Fsp3) is 0.571. The number of rotatable bonds is 7. The Labute approximate surface area is 129 Å². The molecule has 0 aliphatic rings. The summed E-state index contributed by atoms with van der Waals surface area (Å²) in [7, 11) is 5.25. The van der Waals surface area contributed by atoms with Crippen LogP contribution < -0.4 is 11.1 Å². The second-order valence-electron chi connectivity index (χ2n) is 5.01. The first kappa shape index (κ1) is 17.5. The number of nitrogen functional groups attached to an aromatic ring is 1. The van der Waals surface area contributed by atoms with Crippen LogP contribution in [0.25, 0.3) is 0 Å². The number of nitrogens with zero attached hydrogens (tertiary/aromatic N) is 1. The lowest BCUT2D eigenvalue weighted by Gasteiger charge is -2.20. The Morgan fingerprint density at radius 2 is 2.05 bits per heavy atom. The number of methoxy groups -OCH3 is 1. The number of thiophene rings is 1. The van der Waals surface area contributed by atoms with Gasteiger partial charge in [-0.15, -0.1) is 11.3 Å². The molecule has 7 heteroatoms. The van der Waals surface area contributed by atoms with Crippen molar-refractivity contribution in [2.24, 2.45) is 0 Å².